The number of hydrogen-bond donors (Lipinski definition) is 24. The number of aromatic amines is 1. The second kappa shape index (κ2) is 50.0. The first-order valence-corrected chi connectivity index (χ1v) is 36.2. The Bertz CT molecular complexity index is 3520. The van der Waals surface area contributed by atoms with E-state index in [0.717, 1.165) is 0 Å². The zero-order valence-electron chi connectivity index (χ0n) is 63.4. The van der Waals surface area contributed by atoms with E-state index in [2.05, 4.69) is 89.1 Å². The van der Waals surface area contributed by atoms with Gasteiger partial charge >= 0.3 is 5.97 Å². The Morgan fingerprint density at radius 1 is 0.505 bits per heavy atom. The second-order valence-electron chi connectivity index (χ2n) is 26.7. The number of guanidine groups is 2. The van der Waals surface area contributed by atoms with E-state index in [1.54, 1.807) is 27.7 Å². The van der Waals surface area contributed by atoms with Gasteiger partial charge in [0.15, 0.2) is 11.9 Å². The van der Waals surface area contributed by atoms with Crippen LogP contribution in [0.3, 0.4) is 0 Å². The molecule has 0 bridgehead atoms. The third kappa shape index (κ3) is 37.3. The molecular formula is C68H112N24O19. The van der Waals surface area contributed by atoms with Crippen molar-refractivity contribution in [2.24, 2.45) is 62.0 Å². The highest BCUT2D eigenvalue weighted by Crippen LogP contribution is 2.15. The Morgan fingerprint density at radius 2 is 0.973 bits per heavy atom. The number of aromatic nitrogens is 2. The van der Waals surface area contributed by atoms with Crippen molar-refractivity contribution in [1.29, 1.82) is 0 Å². The number of rotatable bonds is 53. The number of carbonyl (C=O) groups is 16. The number of phenolic OH excluding ortho intramolecular Hbond substituents is 1. The highest BCUT2D eigenvalue weighted by atomic mass is 16.4. The Kier molecular flexibility index (Phi) is 42.9. The summed E-state index contributed by atoms with van der Waals surface area (Å²) in [5.74, 6) is -17.1. The van der Waals surface area contributed by atoms with Crippen LogP contribution in [0, 0.1) is 11.8 Å². The number of nitrogens with zero attached hydrogens (tertiary/aromatic N) is 3. The average Bonchev–Trinajstić information content (AvgIpc) is 1.40. The third-order valence-corrected chi connectivity index (χ3v) is 16.9. The van der Waals surface area contributed by atoms with Crippen LogP contribution in [0.25, 0.3) is 0 Å². The first kappa shape index (κ1) is 95.3. The summed E-state index contributed by atoms with van der Waals surface area (Å²) in [5.41, 5.74) is 39.5. The van der Waals surface area contributed by atoms with Crippen LogP contribution in [0.5, 0.6) is 5.75 Å². The molecule has 1 aromatic heterocycles. The van der Waals surface area contributed by atoms with E-state index in [-0.39, 0.29) is 119 Å². The maximum atomic E-state index is 14.4. The number of imidazole rings is 1. The molecule has 43 nitrogen and oxygen atoms in total. The number of nitrogens with two attached hydrogens (primary N) is 7. The van der Waals surface area contributed by atoms with Crippen molar-refractivity contribution in [3.63, 3.8) is 0 Å². The number of aliphatic carboxylic acids is 1. The predicted octanol–water partition coefficient (Wildman–Crippen LogP) is -8.17. The number of carboxylic acid groups (broad SMARTS) is 1. The lowest BCUT2D eigenvalue weighted by Crippen LogP contribution is -2.60. The Labute approximate surface area is 641 Å². The van der Waals surface area contributed by atoms with Crippen molar-refractivity contribution in [3.05, 3.63) is 48.0 Å². The maximum absolute atomic E-state index is 14.4. The summed E-state index contributed by atoms with van der Waals surface area (Å²) < 4.78 is 0. The number of aromatic hydroxyl groups is 1. The topological polar surface area (TPSA) is 726 Å². The first-order valence-electron chi connectivity index (χ1n) is 36.2. The lowest BCUT2D eigenvalue weighted by atomic mass is 9.97. The first-order chi connectivity index (χ1) is 52.3. The van der Waals surface area contributed by atoms with Crippen molar-refractivity contribution in [2.45, 2.75) is 217 Å². The number of carboxylic acids is 1. The number of nitrogens with one attached hydrogen (secondary N) is 14. The smallest absolute Gasteiger partial charge is 0.303 e. The second-order valence-corrected chi connectivity index (χ2v) is 26.7. The summed E-state index contributed by atoms with van der Waals surface area (Å²) in [4.78, 5) is 230. The Balaban J connectivity index is 2.39. The molecule has 0 fully saturated rings. The number of hydrogen-bond acceptors (Lipinski definition) is 22. The van der Waals surface area contributed by atoms with Crippen LogP contribution in [0.15, 0.2) is 46.8 Å². The van der Waals surface area contributed by atoms with Gasteiger partial charge in [-0.1, -0.05) is 53.2 Å². The standard InChI is InChI=1S/C68H112N24O19/c1-8-35(5)54(82-37(7)94)66(111)88-44(16-13-25-78-68(74)75)61(106)90-47(26-34(3)4)63(108)87-45(21-22-53(98)99)62(107)86-42(14-10-11-23-69)59(104)81-36(6)56(101)85-43(15-12-24-77-67(72)73)60(105)91-48(28-39-30-76-33-80-39)57(102)79-31-52(97)83-50(32-93)65(110)84-41(9-2)58(103)92-49(29-51(70)96)64(109)89-46(55(71)100)27-38-17-19-40(95)20-18-38/h17-20,30,33-36,41-50,54,93,95H,8-16,21-29,31-32,69H2,1-7H3,(H2,70,96)(H2,71,100)(H,76,80)(H,79,102)(H,81,104)(H,82,94)(H,83,97)(H,84,110)(H,85,101)(H,86,107)(H,87,108)(H,88,111)(H,89,109)(H,90,106)(H,91,105)(H,92,103)(H,98,99)(H4,72,73,77)(H4,74,75,78)/t35-,36-,41?,42-,43-,44-,45-,46-,47-,48-,49-,50-,54-/m0/s1. The molecule has 2 rings (SSSR count). The minimum atomic E-state index is -1.78. The van der Waals surface area contributed by atoms with Crippen molar-refractivity contribution < 1.29 is 92.0 Å². The minimum absolute atomic E-state index is 0.0213. The molecule has 0 aliphatic carbocycles. The number of aliphatic hydroxyl groups excluding tert-OH is 1. The zero-order valence-corrected chi connectivity index (χ0v) is 63.4. The van der Waals surface area contributed by atoms with Gasteiger partial charge in [0.25, 0.3) is 0 Å². The number of aliphatic hydroxyl groups is 1. The van der Waals surface area contributed by atoms with Crippen LogP contribution in [0.1, 0.15) is 143 Å². The fraction of sp³-hybridized carbons (Fsp3) is 0.603. The number of primary amides is 2. The summed E-state index contributed by atoms with van der Waals surface area (Å²) in [6.07, 6.45) is 0.661. The number of benzene rings is 1. The fourth-order valence-electron chi connectivity index (χ4n) is 10.7. The zero-order chi connectivity index (χ0) is 83.6. The van der Waals surface area contributed by atoms with Gasteiger partial charge in [0.2, 0.25) is 88.6 Å². The number of H-pyrrole nitrogens is 1. The van der Waals surface area contributed by atoms with E-state index in [0.29, 0.717) is 18.4 Å². The summed E-state index contributed by atoms with van der Waals surface area (Å²) in [7, 11) is 0. The van der Waals surface area contributed by atoms with Crippen LogP contribution in [-0.2, 0) is 89.6 Å². The number of unbranched alkanes of at least 4 members (excludes halogenated alkanes) is 1. The highest BCUT2D eigenvalue weighted by Gasteiger charge is 2.37. The van der Waals surface area contributed by atoms with Crippen LogP contribution >= 0.6 is 0 Å². The van der Waals surface area contributed by atoms with E-state index in [1.807, 2.05) is 0 Å². The fourth-order valence-corrected chi connectivity index (χ4v) is 10.7. The number of amides is 15. The van der Waals surface area contributed by atoms with Crippen molar-refractivity contribution in [3.8, 4) is 5.75 Å². The molecule has 15 amide bonds. The Hall–Kier alpha value is -11.8. The molecule has 43 heteroatoms. The van der Waals surface area contributed by atoms with Crippen molar-refractivity contribution in [1.82, 2.24) is 79.1 Å². The molecule has 0 aliphatic heterocycles. The van der Waals surface area contributed by atoms with Gasteiger partial charge in [-0.15, -0.1) is 0 Å². The number of aliphatic imine (C=N–C) groups is 2. The minimum Gasteiger partial charge on any atom is -0.508 e. The summed E-state index contributed by atoms with van der Waals surface area (Å²) in [6, 6.07) is -12.3. The Morgan fingerprint density at radius 3 is 1.46 bits per heavy atom. The molecule has 0 spiro atoms. The van der Waals surface area contributed by atoms with Crippen LogP contribution in [0.4, 0.5) is 0 Å². The lowest BCUT2D eigenvalue weighted by Gasteiger charge is -2.29. The highest BCUT2D eigenvalue weighted by molar-refractivity contribution is 6.00. The molecule has 31 N–H and O–H groups in total. The average molecular weight is 1570 g/mol. The van der Waals surface area contributed by atoms with Gasteiger partial charge in [-0.3, -0.25) is 86.7 Å². The molecule has 618 valence electrons. The molecule has 0 saturated heterocycles. The lowest BCUT2D eigenvalue weighted by molar-refractivity contribution is -0.139. The van der Waals surface area contributed by atoms with Gasteiger partial charge in [0.05, 0.1) is 25.9 Å². The van der Waals surface area contributed by atoms with Gasteiger partial charge < -0.3 is 130 Å². The van der Waals surface area contributed by atoms with Gasteiger partial charge in [-0.05, 0) is 107 Å². The van der Waals surface area contributed by atoms with Gasteiger partial charge in [0.1, 0.15) is 78.3 Å². The van der Waals surface area contributed by atoms with Crippen molar-refractivity contribution >= 4 is 106 Å². The van der Waals surface area contributed by atoms with Gasteiger partial charge in [-0.2, -0.15) is 0 Å². The van der Waals surface area contributed by atoms with Crippen LogP contribution in [0.2, 0.25) is 0 Å². The molecule has 1 unspecified atom stereocenters. The van der Waals surface area contributed by atoms with Crippen LogP contribution < -0.4 is 109 Å². The van der Waals surface area contributed by atoms with Gasteiger partial charge in [0, 0.05) is 51.2 Å². The largest absolute Gasteiger partial charge is 0.508 e. The molecule has 1 heterocycles. The van der Waals surface area contributed by atoms with E-state index in [9.17, 15) is 92.0 Å². The molecule has 2 aromatic rings. The normalized spacial score (nSPS) is 14.5. The molecule has 13 atom stereocenters. The molecule has 111 heavy (non-hydrogen) atoms. The molecule has 0 aliphatic rings. The van der Waals surface area contributed by atoms with Crippen molar-refractivity contribution in [2.75, 3.05) is 32.8 Å². The van der Waals surface area contributed by atoms with Crippen LogP contribution in [-0.4, -0.2) is 237 Å². The van der Waals surface area contributed by atoms with E-state index < -0.39 is 199 Å². The number of phenols is 1. The number of carbonyl (C=O) groups excluding carboxylic acids is 15. The summed E-state index contributed by atoms with van der Waals surface area (Å²) >= 11 is 0. The molecule has 1 aromatic carbocycles. The SMILES string of the molecule is CCC(NC(=O)[C@H](CO)NC(=O)CNC(=O)[C@H](Cc1cnc[nH]1)NC(=O)[C@H](CCCN=C(N)N)NC(=O)[C@H](C)NC(=O)[C@H](CCCCN)NC(=O)[C@H](CCC(=O)O)NC(=O)[C@H](CC(C)C)NC(=O)[C@H](CCCN=C(N)N)NC(=O)[C@@H](NC(C)=O)[C@@H](C)CC)C(=O)N[C@@H](CC(N)=O)C(=O)N[C@@H](Cc1ccc(O)cc1)C(N)=O. The van der Waals surface area contributed by atoms with E-state index >= 15 is 0 Å². The summed E-state index contributed by atoms with van der Waals surface area (Å²) in [5, 5.41) is 61.6. The van der Waals surface area contributed by atoms with E-state index in [4.69, 9.17) is 40.1 Å². The monoisotopic (exact) mass is 1570 g/mol. The molecule has 0 radical (unpaired) electrons. The predicted molar refractivity (Wildman–Crippen MR) is 401 cm³/mol. The maximum Gasteiger partial charge on any atom is 0.303 e. The molecular weight excluding hydrogens is 1460 g/mol. The van der Waals surface area contributed by atoms with E-state index in [1.165, 1.54) is 57.6 Å². The third-order valence-electron chi connectivity index (χ3n) is 16.9. The van der Waals surface area contributed by atoms with Gasteiger partial charge in [-0.25, -0.2) is 4.98 Å². The quantitative estimate of drug-likeness (QED) is 0.0166. The summed E-state index contributed by atoms with van der Waals surface area (Å²) in [6.45, 7) is 9.02. The molecule has 0 saturated carbocycles.